The first-order chi connectivity index (χ1) is 9.13. The largest absolute Gasteiger partial charge is 0.497 e. The van der Waals surface area contributed by atoms with E-state index >= 15 is 0 Å². The van der Waals surface area contributed by atoms with E-state index < -0.39 is 11.4 Å². The van der Waals surface area contributed by atoms with E-state index in [1.165, 1.54) is 12.3 Å². The van der Waals surface area contributed by atoms with Crippen LogP contribution in [0.5, 0.6) is 5.75 Å². The van der Waals surface area contributed by atoms with Gasteiger partial charge in [-0.2, -0.15) is 0 Å². The molecule has 4 heteroatoms. The molecule has 1 aliphatic rings. The molecule has 3 rings (SSSR count). The highest BCUT2D eigenvalue weighted by molar-refractivity contribution is 5.48. The van der Waals surface area contributed by atoms with E-state index in [9.17, 15) is 9.50 Å². The van der Waals surface area contributed by atoms with Crippen LogP contribution in [0, 0.1) is 5.82 Å². The smallest absolute Gasteiger partial charge is 0.141 e. The topological polar surface area (TPSA) is 42.4 Å². The fraction of sp³-hybridized carbons (Fsp3) is 0.267. The number of methoxy groups -OCH3 is 1. The van der Waals surface area contributed by atoms with E-state index in [2.05, 4.69) is 4.98 Å². The summed E-state index contributed by atoms with van der Waals surface area (Å²) in [4.78, 5) is 3.82. The first-order valence-corrected chi connectivity index (χ1v) is 6.14. The van der Waals surface area contributed by atoms with Crippen LogP contribution in [0.15, 0.2) is 36.7 Å². The Morgan fingerprint density at radius 3 is 2.89 bits per heavy atom. The molecule has 1 unspecified atom stereocenters. The molecular weight excluding hydrogens is 245 g/mol. The van der Waals surface area contributed by atoms with Gasteiger partial charge in [-0.1, -0.05) is 6.07 Å². The summed E-state index contributed by atoms with van der Waals surface area (Å²) in [5.41, 5.74) is 1.14. The lowest BCUT2D eigenvalue weighted by Gasteiger charge is -2.24. The van der Waals surface area contributed by atoms with Crippen LogP contribution in [-0.4, -0.2) is 17.2 Å². The number of nitrogens with zero attached hydrogens (tertiary/aromatic N) is 1. The Balaban J connectivity index is 2.13. The first-order valence-electron chi connectivity index (χ1n) is 6.14. The number of aromatic nitrogens is 1. The van der Waals surface area contributed by atoms with Gasteiger partial charge < -0.3 is 9.84 Å². The molecule has 0 bridgehead atoms. The summed E-state index contributed by atoms with van der Waals surface area (Å²) in [6.07, 6.45) is 3.93. The third kappa shape index (κ3) is 1.88. The number of halogens is 1. The van der Waals surface area contributed by atoms with Crippen LogP contribution in [0.25, 0.3) is 0 Å². The number of pyridine rings is 1. The van der Waals surface area contributed by atoms with Crippen LogP contribution in [0.2, 0.25) is 0 Å². The Morgan fingerprint density at radius 2 is 2.16 bits per heavy atom. The van der Waals surface area contributed by atoms with Crippen LogP contribution >= 0.6 is 0 Å². The van der Waals surface area contributed by atoms with Gasteiger partial charge in [0.2, 0.25) is 0 Å². The second-order valence-electron chi connectivity index (χ2n) is 4.78. The standard InChI is InChI=1S/C15H14FNO2/c1-19-13-3-2-10-4-5-15(18,14(10)7-13)11-6-12(16)9-17-8-11/h2-3,6-9,18H,4-5H2,1H3. The van der Waals surface area contributed by atoms with E-state index in [0.29, 0.717) is 17.7 Å². The molecule has 1 atom stereocenters. The van der Waals surface area contributed by atoms with Crippen LogP contribution in [-0.2, 0) is 12.0 Å². The zero-order valence-electron chi connectivity index (χ0n) is 10.6. The van der Waals surface area contributed by atoms with Gasteiger partial charge in [-0.3, -0.25) is 4.98 Å². The summed E-state index contributed by atoms with van der Waals surface area (Å²) >= 11 is 0. The number of fused-ring (bicyclic) bond motifs is 1. The third-order valence-electron chi connectivity index (χ3n) is 3.70. The summed E-state index contributed by atoms with van der Waals surface area (Å²) in [5, 5.41) is 10.9. The third-order valence-corrected chi connectivity index (χ3v) is 3.70. The van der Waals surface area contributed by atoms with Gasteiger partial charge in [-0.15, -0.1) is 0 Å². The summed E-state index contributed by atoms with van der Waals surface area (Å²) in [6.45, 7) is 0. The van der Waals surface area contributed by atoms with Crippen molar-refractivity contribution in [3.8, 4) is 5.75 Å². The Kier molecular flexibility index (Phi) is 2.75. The second-order valence-corrected chi connectivity index (χ2v) is 4.78. The van der Waals surface area contributed by atoms with Gasteiger partial charge in [0.25, 0.3) is 0 Å². The van der Waals surface area contributed by atoms with Gasteiger partial charge in [0.05, 0.1) is 13.3 Å². The highest BCUT2D eigenvalue weighted by atomic mass is 19.1. The molecule has 0 fully saturated rings. The maximum absolute atomic E-state index is 13.3. The van der Waals surface area contributed by atoms with Crippen LogP contribution in [0.1, 0.15) is 23.1 Å². The number of hydrogen-bond donors (Lipinski definition) is 1. The van der Waals surface area contributed by atoms with Gasteiger partial charge in [-0.05, 0) is 42.2 Å². The van der Waals surface area contributed by atoms with E-state index in [1.54, 1.807) is 7.11 Å². The van der Waals surface area contributed by atoms with Crippen molar-refractivity contribution >= 4 is 0 Å². The quantitative estimate of drug-likeness (QED) is 0.900. The zero-order chi connectivity index (χ0) is 13.5. The van der Waals surface area contributed by atoms with Crippen molar-refractivity contribution in [2.24, 2.45) is 0 Å². The van der Waals surface area contributed by atoms with E-state index in [1.807, 2.05) is 18.2 Å². The molecule has 1 aliphatic carbocycles. The van der Waals surface area contributed by atoms with E-state index in [-0.39, 0.29) is 0 Å². The summed E-state index contributed by atoms with van der Waals surface area (Å²) in [6, 6.07) is 6.96. The minimum Gasteiger partial charge on any atom is -0.497 e. The molecule has 2 aromatic rings. The molecule has 1 aromatic carbocycles. The van der Waals surface area contributed by atoms with Crippen molar-refractivity contribution in [2.75, 3.05) is 7.11 Å². The normalized spacial score (nSPS) is 21.2. The SMILES string of the molecule is COc1ccc2c(c1)C(O)(c1cncc(F)c1)CC2. The summed E-state index contributed by atoms with van der Waals surface area (Å²) < 4.78 is 18.5. The fourth-order valence-electron chi connectivity index (χ4n) is 2.67. The molecule has 0 radical (unpaired) electrons. The molecule has 1 heterocycles. The zero-order valence-corrected chi connectivity index (χ0v) is 10.6. The summed E-state index contributed by atoms with van der Waals surface area (Å²) in [5.74, 6) is 0.241. The van der Waals surface area contributed by atoms with Crippen molar-refractivity contribution in [2.45, 2.75) is 18.4 Å². The lowest BCUT2D eigenvalue weighted by atomic mass is 9.89. The lowest BCUT2D eigenvalue weighted by Crippen LogP contribution is -2.24. The predicted octanol–water partition coefficient (Wildman–Crippen LogP) is 2.41. The number of aliphatic hydroxyl groups is 1. The van der Waals surface area contributed by atoms with Gasteiger partial charge in [0.1, 0.15) is 17.2 Å². The van der Waals surface area contributed by atoms with Crippen molar-refractivity contribution in [1.29, 1.82) is 0 Å². The van der Waals surface area contributed by atoms with Crippen molar-refractivity contribution in [1.82, 2.24) is 4.98 Å². The molecule has 98 valence electrons. The van der Waals surface area contributed by atoms with E-state index in [0.717, 1.165) is 23.7 Å². The Morgan fingerprint density at radius 1 is 1.32 bits per heavy atom. The maximum Gasteiger partial charge on any atom is 0.141 e. The van der Waals surface area contributed by atoms with Gasteiger partial charge in [0.15, 0.2) is 0 Å². The molecule has 1 aromatic heterocycles. The highest BCUT2D eigenvalue weighted by Gasteiger charge is 2.39. The average Bonchev–Trinajstić information content (AvgIpc) is 2.77. The molecule has 0 amide bonds. The van der Waals surface area contributed by atoms with Gasteiger partial charge in [0, 0.05) is 11.8 Å². The lowest BCUT2D eigenvalue weighted by molar-refractivity contribution is 0.0820. The Bertz CT molecular complexity index is 629. The predicted molar refractivity (Wildman–Crippen MR) is 68.5 cm³/mol. The fourth-order valence-corrected chi connectivity index (χ4v) is 2.67. The molecular formula is C15H14FNO2. The minimum atomic E-state index is -1.18. The average molecular weight is 259 g/mol. The maximum atomic E-state index is 13.3. The van der Waals surface area contributed by atoms with Crippen LogP contribution < -0.4 is 4.74 Å². The minimum absolute atomic E-state index is 0.442. The second kappa shape index (κ2) is 4.31. The summed E-state index contributed by atoms with van der Waals surface area (Å²) in [7, 11) is 1.58. The number of aryl methyl sites for hydroxylation is 1. The number of hydrogen-bond acceptors (Lipinski definition) is 3. The first kappa shape index (κ1) is 12.1. The molecule has 19 heavy (non-hydrogen) atoms. The molecule has 0 aliphatic heterocycles. The monoisotopic (exact) mass is 259 g/mol. The number of rotatable bonds is 2. The van der Waals surface area contributed by atoms with Crippen LogP contribution in [0.3, 0.4) is 0 Å². The molecule has 0 saturated carbocycles. The van der Waals surface area contributed by atoms with Crippen molar-refractivity contribution in [3.05, 3.63) is 59.2 Å². The molecule has 3 nitrogen and oxygen atoms in total. The van der Waals surface area contributed by atoms with E-state index in [4.69, 9.17) is 4.74 Å². The highest BCUT2D eigenvalue weighted by Crippen LogP contribution is 2.43. The molecule has 1 N–H and O–H groups in total. The van der Waals surface area contributed by atoms with Gasteiger partial charge in [-0.25, -0.2) is 4.39 Å². The number of ether oxygens (including phenoxy) is 1. The Labute approximate surface area is 110 Å². The van der Waals surface area contributed by atoms with Crippen LogP contribution in [0.4, 0.5) is 4.39 Å². The number of benzene rings is 1. The van der Waals surface area contributed by atoms with Crippen molar-refractivity contribution in [3.63, 3.8) is 0 Å². The molecule has 0 spiro atoms. The molecule has 0 saturated heterocycles. The van der Waals surface area contributed by atoms with Gasteiger partial charge >= 0.3 is 0 Å². The van der Waals surface area contributed by atoms with Crippen molar-refractivity contribution < 1.29 is 14.2 Å². The Hall–Kier alpha value is -1.94.